The molecular formula is C18H24N2OS. The molecule has 1 amide bonds. The highest BCUT2D eigenvalue weighted by atomic mass is 32.1. The van der Waals surface area contributed by atoms with Gasteiger partial charge in [-0.05, 0) is 19.1 Å². The lowest BCUT2D eigenvalue weighted by Gasteiger charge is -2.20. The van der Waals surface area contributed by atoms with E-state index in [-0.39, 0.29) is 11.3 Å². The summed E-state index contributed by atoms with van der Waals surface area (Å²) >= 11 is 1.65. The normalized spacial score (nSPS) is 11.5. The lowest BCUT2D eigenvalue weighted by Crippen LogP contribution is -2.30. The summed E-state index contributed by atoms with van der Waals surface area (Å²) in [7, 11) is 0. The minimum absolute atomic E-state index is 0.0677. The quantitative estimate of drug-likeness (QED) is 0.817. The Bertz CT molecular complexity index is 614. The van der Waals surface area contributed by atoms with E-state index in [0.29, 0.717) is 19.4 Å². The van der Waals surface area contributed by atoms with Crippen molar-refractivity contribution in [1.29, 1.82) is 0 Å². The second-order valence-corrected chi connectivity index (χ2v) is 7.29. The topological polar surface area (TPSA) is 33.2 Å². The number of hydrogen-bond donors (Lipinski definition) is 0. The molecule has 0 atom stereocenters. The van der Waals surface area contributed by atoms with Crippen LogP contribution in [-0.2, 0) is 16.6 Å². The summed E-state index contributed by atoms with van der Waals surface area (Å²) in [4.78, 5) is 18.9. The molecule has 0 aliphatic carbocycles. The number of aromatic nitrogens is 1. The van der Waals surface area contributed by atoms with Crippen molar-refractivity contribution in [3.05, 3.63) is 46.4 Å². The van der Waals surface area contributed by atoms with Gasteiger partial charge in [-0.3, -0.25) is 4.79 Å². The van der Waals surface area contributed by atoms with Crippen molar-refractivity contribution >= 4 is 22.9 Å². The highest BCUT2D eigenvalue weighted by Gasteiger charge is 2.18. The Morgan fingerprint density at radius 1 is 1.23 bits per heavy atom. The molecule has 0 aliphatic heterocycles. The number of thiazole rings is 1. The van der Waals surface area contributed by atoms with Crippen molar-refractivity contribution in [3.8, 4) is 0 Å². The first-order chi connectivity index (χ1) is 10.4. The standard InChI is InChI=1S/C18H24N2OS/c1-5-20(14-9-7-6-8-10-14)17(21)12-11-16-19-15(13-22-16)18(2,3)4/h6-10,13H,5,11-12H2,1-4H3. The molecule has 118 valence electrons. The zero-order valence-corrected chi connectivity index (χ0v) is 14.6. The molecule has 0 radical (unpaired) electrons. The Kier molecular flexibility index (Phi) is 5.35. The van der Waals surface area contributed by atoms with Gasteiger partial charge in [0.1, 0.15) is 0 Å². The number of rotatable bonds is 5. The highest BCUT2D eigenvalue weighted by molar-refractivity contribution is 7.09. The van der Waals surface area contributed by atoms with E-state index in [9.17, 15) is 4.79 Å². The Hall–Kier alpha value is -1.68. The van der Waals surface area contributed by atoms with Gasteiger partial charge < -0.3 is 4.90 Å². The van der Waals surface area contributed by atoms with Gasteiger partial charge in [0.15, 0.2) is 0 Å². The monoisotopic (exact) mass is 316 g/mol. The van der Waals surface area contributed by atoms with Crippen LogP contribution in [0.25, 0.3) is 0 Å². The van der Waals surface area contributed by atoms with Crippen LogP contribution in [0.3, 0.4) is 0 Å². The van der Waals surface area contributed by atoms with Crippen LogP contribution in [0.2, 0.25) is 0 Å². The van der Waals surface area contributed by atoms with Crippen LogP contribution in [0.15, 0.2) is 35.7 Å². The summed E-state index contributed by atoms with van der Waals surface area (Å²) in [6.45, 7) is 9.17. The van der Waals surface area contributed by atoms with Gasteiger partial charge in [0, 0.05) is 35.9 Å². The lowest BCUT2D eigenvalue weighted by molar-refractivity contribution is -0.118. The minimum atomic E-state index is 0.0677. The van der Waals surface area contributed by atoms with Crippen molar-refractivity contribution in [3.63, 3.8) is 0 Å². The van der Waals surface area contributed by atoms with E-state index in [0.717, 1.165) is 16.4 Å². The molecule has 0 fully saturated rings. The van der Waals surface area contributed by atoms with Gasteiger partial charge in [-0.25, -0.2) is 4.98 Å². The fourth-order valence-electron chi connectivity index (χ4n) is 2.23. The van der Waals surface area contributed by atoms with Gasteiger partial charge in [0.05, 0.1) is 10.7 Å². The van der Waals surface area contributed by atoms with E-state index >= 15 is 0 Å². The number of aryl methyl sites for hydroxylation is 1. The highest BCUT2D eigenvalue weighted by Crippen LogP contribution is 2.24. The van der Waals surface area contributed by atoms with E-state index in [1.165, 1.54) is 0 Å². The summed E-state index contributed by atoms with van der Waals surface area (Å²) in [6.07, 6.45) is 1.21. The van der Waals surface area contributed by atoms with Crippen molar-refractivity contribution in [2.24, 2.45) is 0 Å². The van der Waals surface area contributed by atoms with Gasteiger partial charge in [-0.2, -0.15) is 0 Å². The lowest BCUT2D eigenvalue weighted by atomic mass is 9.93. The summed E-state index contributed by atoms with van der Waals surface area (Å²) in [5.74, 6) is 0.154. The number of hydrogen-bond acceptors (Lipinski definition) is 3. The predicted molar refractivity (Wildman–Crippen MR) is 93.6 cm³/mol. The molecule has 0 bridgehead atoms. The van der Waals surface area contributed by atoms with E-state index in [1.54, 1.807) is 11.3 Å². The predicted octanol–water partition coefficient (Wildman–Crippen LogP) is 4.43. The average Bonchev–Trinajstić information content (AvgIpc) is 2.96. The number of carbonyl (C=O) groups is 1. The molecule has 2 rings (SSSR count). The number of benzene rings is 1. The van der Waals surface area contributed by atoms with Crippen LogP contribution < -0.4 is 4.90 Å². The number of para-hydroxylation sites is 1. The zero-order chi connectivity index (χ0) is 16.2. The van der Waals surface area contributed by atoms with Crippen LogP contribution in [0.4, 0.5) is 5.69 Å². The maximum absolute atomic E-state index is 12.5. The van der Waals surface area contributed by atoms with Gasteiger partial charge in [-0.15, -0.1) is 11.3 Å². The van der Waals surface area contributed by atoms with Crippen LogP contribution in [0.5, 0.6) is 0 Å². The molecule has 1 heterocycles. The molecule has 0 saturated heterocycles. The van der Waals surface area contributed by atoms with Crippen LogP contribution in [0, 0.1) is 0 Å². The Labute approximate surface area is 137 Å². The first kappa shape index (κ1) is 16.7. The SMILES string of the molecule is CCN(C(=O)CCc1nc(C(C)(C)C)cs1)c1ccccc1. The fraction of sp³-hybridized carbons (Fsp3) is 0.444. The fourth-order valence-corrected chi connectivity index (χ4v) is 3.25. The molecule has 1 aromatic heterocycles. The molecule has 0 saturated carbocycles. The van der Waals surface area contributed by atoms with Gasteiger partial charge in [0.2, 0.25) is 5.91 Å². The number of carbonyl (C=O) groups excluding carboxylic acids is 1. The number of amides is 1. The summed E-state index contributed by atoms with van der Waals surface area (Å²) < 4.78 is 0. The van der Waals surface area contributed by atoms with Crippen molar-refractivity contribution in [2.75, 3.05) is 11.4 Å². The first-order valence-electron chi connectivity index (χ1n) is 7.72. The van der Waals surface area contributed by atoms with Crippen LogP contribution in [0.1, 0.15) is 44.8 Å². The molecular weight excluding hydrogens is 292 g/mol. The summed E-state index contributed by atoms with van der Waals surface area (Å²) in [5.41, 5.74) is 2.14. The molecule has 0 unspecified atom stereocenters. The second kappa shape index (κ2) is 7.05. The molecule has 0 N–H and O–H groups in total. The van der Waals surface area contributed by atoms with Gasteiger partial charge in [0.25, 0.3) is 0 Å². The number of anilines is 1. The molecule has 0 aliphatic rings. The van der Waals surface area contributed by atoms with E-state index in [4.69, 9.17) is 0 Å². The largest absolute Gasteiger partial charge is 0.313 e. The minimum Gasteiger partial charge on any atom is -0.313 e. The van der Waals surface area contributed by atoms with Crippen molar-refractivity contribution in [2.45, 2.75) is 46.0 Å². The van der Waals surface area contributed by atoms with Gasteiger partial charge in [-0.1, -0.05) is 39.0 Å². The zero-order valence-electron chi connectivity index (χ0n) is 13.8. The molecule has 2 aromatic rings. The molecule has 22 heavy (non-hydrogen) atoms. The third-order valence-electron chi connectivity index (χ3n) is 3.56. The van der Waals surface area contributed by atoms with E-state index < -0.39 is 0 Å². The van der Waals surface area contributed by atoms with E-state index in [2.05, 4.69) is 31.1 Å². The Balaban J connectivity index is 1.98. The maximum atomic E-state index is 12.5. The third kappa shape index (κ3) is 4.17. The summed E-state index contributed by atoms with van der Waals surface area (Å²) in [5, 5.41) is 3.15. The van der Waals surface area contributed by atoms with Crippen molar-refractivity contribution < 1.29 is 4.79 Å². The first-order valence-corrected chi connectivity index (χ1v) is 8.60. The van der Waals surface area contributed by atoms with Crippen LogP contribution in [-0.4, -0.2) is 17.4 Å². The van der Waals surface area contributed by atoms with Crippen molar-refractivity contribution in [1.82, 2.24) is 4.98 Å². The van der Waals surface area contributed by atoms with Crippen LogP contribution >= 0.6 is 11.3 Å². The smallest absolute Gasteiger partial charge is 0.227 e. The molecule has 4 heteroatoms. The Morgan fingerprint density at radius 2 is 1.91 bits per heavy atom. The third-order valence-corrected chi connectivity index (χ3v) is 4.47. The molecule has 1 aromatic carbocycles. The molecule has 0 spiro atoms. The van der Waals surface area contributed by atoms with E-state index in [1.807, 2.05) is 42.2 Å². The number of nitrogens with zero attached hydrogens (tertiary/aromatic N) is 2. The maximum Gasteiger partial charge on any atom is 0.227 e. The average molecular weight is 316 g/mol. The summed E-state index contributed by atoms with van der Waals surface area (Å²) in [6, 6.07) is 9.83. The Morgan fingerprint density at radius 3 is 2.45 bits per heavy atom. The molecule has 3 nitrogen and oxygen atoms in total. The second-order valence-electron chi connectivity index (χ2n) is 6.35. The van der Waals surface area contributed by atoms with Gasteiger partial charge >= 0.3 is 0 Å².